The summed E-state index contributed by atoms with van der Waals surface area (Å²) in [6, 6.07) is 0. The molecule has 1 atom stereocenters. The van der Waals surface area contributed by atoms with Crippen molar-refractivity contribution < 1.29 is 37.9 Å². The van der Waals surface area contributed by atoms with Crippen molar-refractivity contribution in [1.82, 2.24) is 0 Å². The van der Waals surface area contributed by atoms with Crippen LogP contribution in [0.5, 0.6) is 0 Å². The molecule has 318 valence electrons. The summed E-state index contributed by atoms with van der Waals surface area (Å²) in [7, 11) is -4.78. The van der Waals surface area contributed by atoms with Crippen LogP contribution in [0.25, 0.3) is 0 Å². The monoisotopic (exact) mass is 801 g/mol. The average Bonchev–Trinajstić information content (AvgIpc) is 3.17. The molecule has 0 bridgehead atoms. The molecule has 8 nitrogen and oxygen atoms in total. The minimum Gasteiger partial charge on any atom is -0.462 e. The lowest BCUT2D eigenvalue weighted by molar-refractivity contribution is -0.161. The van der Waals surface area contributed by atoms with Crippen molar-refractivity contribution >= 4 is 19.8 Å². The fourth-order valence-corrected chi connectivity index (χ4v) is 5.79. The molecule has 0 heterocycles. The van der Waals surface area contributed by atoms with Gasteiger partial charge in [0.15, 0.2) is 6.10 Å². The molecule has 9 heteroatoms. The molecule has 0 rings (SSSR count). The third kappa shape index (κ3) is 43.7. The molecule has 0 aromatic heterocycles. The third-order valence-electron chi connectivity index (χ3n) is 8.60. The zero-order chi connectivity index (χ0) is 41.1. The Morgan fingerprint density at radius 1 is 0.482 bits per heavy atom. The van der Waals surface area contributed by atoms with Crippen molar-refractivity contribution in [3.8, 4) is 0 Å². The summed E-state index contributed by atoms with van der Waals surface area (Å²) in [5.74, 6) is -0.995. The molecular weight excluding hydrogens is 723 g/mol. The molecule has 0 saturated carbocycles. The first-order valence-corrected chi connectivity index (χ1v) is 23.1. The molecule has 0 saturated heterocycles. The second-order valence-corrected chi connectivity index (χ2v) is 15.2. The van der Waals surface area contributed by atoms with E-state index in [4.69, 9.17) is 19.3 Å². The van der Waals surface area contributed by atoms with Gasteiger partial charge in [0.1, 0.15) is 6.61 Å². The van der Waals surface area contributed by atoms with E-state index in [0.29, 0.717) is 12.8 Å². The first-order valence-electron chi connectivity index (χ1n) is 21.5. The first-order chi connectivity index (χ1) is 27.3. The Balaban J connectivity index is 4.05. The number of unbranched alkanes of at least 4 members (excludes halogenated alkanes) is 12. The fraction of sp³-hybridized carbons (Fsp3) is 0.617. The molecule has 0 spiro atoms. The normalized spacial score (nSPS) is 13.4. The molecule has 2 N–H and O–H groups in total. The highest BCUT2D eigenvalue weighted by atomic mass is 31.2. The van der Waals surface area contributed by atoms with Crippen LogP contribution < -0.4 is 0 Å². The Bertz CT molecular complexity index is 1220. The van der Waals surface area contributed by atoms with E-state index in [-0.39, 0.29) is 19.4 Å². The first kappa shape index (κ1) is 53.0. The highest BCUT2D eigenvalue weighted by Gasteiger charge is 2.22. The number of hydrogen-bond acceptors (Lipinski definition) is 6. The van der Waals surface area contributed by atoms with Crippen molar-refractivity contribution in [2.24, 2.45) is 0 Å². The number of carbonyl (C=O) groups is 2. The van der Waals surface area contributed by atoms with Crippen LogP contribution in [0.3, 0.4) is 0 Å². The molecule has 0 fully saturated rings. The van der Waals surface area contributed by atoms with Gasteiger partial charge in [0.05, 0.1) is 6.61 Å². The van der Waals surface area contributed by atoms with Crippen LogP contribution in [0.4, 0.5) is 0 Å². The van der Waals surface area contributed by atoms with Gasteiger partial charge in [0.2, 0.25) is 0 Å². The second-order valence-electron chi connectivity index (χ2n) is 13.9. The van der Waals surface area contributed by atoms with Gasteiger partial charge >= 0.3 is 19.8 Å². The average molecular weight is 801 g/mol. The number of carbonyl (C=O) groups excluding carboxylic acids is 2. The van der Waals surface area contributed by atoms with E-state index in [1.54, 1.807) is 0 Å². The van der Waals surface area contributed by atoms with Gasteiger partial charge in [0.25, 0.3) is 0 Å². The molecule has 0 aromatic rings. The summed E-state index contributed by atoms with van der Waals surface area (Å²) in [4.78, 5) is 42.9. The topological polar surface area (TPSA) is 119 Å². The molecule has 0 aromatic carbocycles. The van der Waals surface area contributed by atoms with Gasteiger partial charge in [-0.2, -0.15) is 0 Å². The van der Waals surface area contributed by atoms with E-state index in [1.165, 1.54) is 57.8 Å². The number of hydrogen-bond donors (Lipinski definition) is 2. The van der Waals surface area contributed by atoms with Crippen LogP contribution in [0.1, 0.15) is 168 Å². The summed E-state index contributed by atoms with van der Waals surface area (Å²) in [6.45, 7) is 3.47. The summed E-state index contributed by atoms with van der Waals surface area (Å²) < 4.78 is 26.3. The van der Waals surface area contributed by atoms with Crippen molar-refractivity contribution in [3.05, 3.63) is 97.2 Å². The van der Waals surface area contributed by atoms with E-state index in [0.717, 1.165) is 70.6 Å². The lowest BCUT2D eigenvalue weighted by Crippen LogP contribution is -2.29. The van der Waals surface area contributed by atoms with E-state index in [1.807, 2.05) is 12.2 Å². The lowest BCUT2D eigenvalue weighted by Gasteiger charge is -2.18. The molecule has 0 radical (unpaired) electrons. The molecule has 0 aliphatic carbocycles. The number of allylic oxidation sites excluding steroid dienone is 16. The SMILES string of the molecule is CC/C=C\C/C=C\C/C=C\C/C=C\C/C=C\C/C=C\CCC(=O)OC[C@H](COP(=O)(O)O)OC(=O)CCCCCCCCCCC/C=C\C/C=C\CCCCC. The Morgan fingerprint density at radius 3 is 1.36 bits per heavy atom. The molecule has 56 heavy (non-hydrogen) atoms. The number of phosphoric acid groups is 1. The molecule has 0 aliphatic rings. The number of esters is 2. The molecule has 0 unspecified atom stereocenters. The van der Waals surface area contributed by atoms with Gasteiger partial charge in [-0.15, -0.1) is 0 Å². The highest BCUT2D eigenvalue weighted by Crippen LogP contribution is 2.36. The van der Waals surface area contributed by atoms with Crippen LogP contribution in [0, 0.1) is 0 Å². The van der Waals surface area contributed by atoms with E-state index < -0.39 is 32.5 Å². The Kier molecular flexibility index (Phi) is 39.3. The van der Waals surface area contributed by atoms with E-state index in [2.05, 4.69) is 103 Å². The van der Waals surface area contributed by atoms with Crippen LogP contribution in [0.2, 0.25) is 0 Å². The maximum atomic E-state index is 12.4. The number of rotatable bonds is 38. The van der Waals surface area contributed by atoms with Gasteiger partial charge in [-0.05, 0) is 83.5 Å². The zero-order valence-electron chi connectivity index (χ0n) is 35.0. The number of ether oxygens (including phenoxy) is 2. The Labute approximate surface area is 341 Å². The minimum absolute atomic E-state index is 0.136. The minimum atomic E-state index is -4.78. The van der Waals surface area contributed by atoms with E-state index in [9.17, 15) is 14.2 Å². The van der Waals surface area contributed by atoms with Gasteiger partial charge in [-0.25, -0.2) is 4.57 Å². The van der Waals surface area contributed by atoms with Crippen molar-refractivity contribution in [1.29, 1.82) is 0 Å². The predicted octanol–water partition coefficient (Wildman–Crippen LogP) is 13.4. The second kappa shape index (κ2) is 41.6. The van der Waals surface area contributed by atoms with Gasteiger partial charge < -0.3 is 19.3 Å². The van der Waals surface area contributed by atoms with Crippen molar-refractivity contribution in [2.75, 3.05) is 13.2 Å². The Morgan fingerprint density at radius 2 is 0.893 bits per heavy atom. The highest BCUT2D eigenvalue weighted by molar-refractivity contribution is 7.46. The maximum absolute atomic E-state index is 12.4. The van der Waals surface area contributed by atoms with Gasteiger partial charge in [-0.1, -0.05) is 169 Å². The lowest BCUT2D eigenvalue weighted by atomic mass is 10.1. The van der Waals surface area contributed by atoms with E-state index >= 15 is 0 Å². The van der Waals surface area contributed by atoms with Gasteiger partial charge in [0, 0.05) is 12.8 Å². The van der Waals surface area contributed by atoms with Crippen molar-refractivity contribution in [3.63, 3.8) is 0 Å². The summed E-state index contributed by atoms with van der Waals surface area (Å²) >= 11 is 0. The van der Waals surface area contributed by atoms with Crippen LogP contribution >= 0.6 is 7.82 Å². The van der Waals surface area contributed by atoms with Crippen LogP contribution in [-0.2, 0) is 28.2 Å². The van der Waals surface area contributed by atoms with Crippen molar-refractivity contribution in [2.45, 2.75) is 174 Å². The number of phosphoric ester groups is 1. The molecule has 0 aliphatic heterocycles. The molecular formula is C47H77O8P. The predicted molar refractivity (Wildman–Crippen MR) is 234 cm³/mol. The summed E-state index contributed by atoms with van der Waals surface area (Å²) in [5.41, 5.74) is 0. The smallest absolute Gasteiger partial charge is 0.462 e. The largest absolute Gasteiger partial charge is 0.469 e. The molecule has 0 amide bonds. The maximum Gasteiger partial charge on any atom is 0.469 e. The summed E-state index contributed by atoms with van der Waals surface area (Å²) in [5, 5.41) is 0. The zero-order valence-corrected chi connectivity index (χ0v) is 35.9. The van der Waals surface area contributed by atoms with Crippen LogP contribution in [-0.4, -0.2) is 41.0 Å². The quantitative estimate of drug-likeness (QED) is 0.0274. The summed E-state index contributed by atoms with van der Waals surface area (Å²) in [6.07, 6.45) is 57.1. The van der Waals surface area contributed by atoms with Crippen LogP contribution in [0.15, 0.2) is 97.2 Å². The Hall–Kier alpha value is -3.03. The fourth-order valence-electron chi connectivity index (χ4n) is 5.43. The third-order valence-corrected chi connectivity index (χ3v) is 9.09. The van der Waals surface area contributed by atoms with Gasteiger partial charge in [-0.3, -0.25) is 14.1 Å². The standard InChI is InChI=1S/C47H77O8P/c1-3-5-7-9-11-13-15-17-19-21-23-25-27-29-31-33-35-37-39-41-46(48)53-43-45(44-54-56(50,51)52)55-47(49)42-40-38-36-34-32-30-28-26-24-22-20-18-16-14-12-10-8-6-4-2/h5,7,11-14,17-20,23,25,29,31,35,37,45H,3-4,6,8-10,15-16,21-22,24,26-28,30,32-34,36,38-44H2,1-2H3,(H2,50,51,52)/b7-5-,13-11-,14-12-,19-17-,20-18-,25-23-,31-29-,37-35-/t45-/m1/s1.